The molecule has 0 radical (unpaired) electrons. The summed E-state index contributed by atoms with van der Waals surface area (Å²) in [5.74, 6) is 0.645. The lowest BCUT2D eigenvalue weighted by Crippen LogP contribution is -2.81. The van der Waals surface area contributed by atoms with Gasteiger partial charge in [0.2, 0.25) is 17.9 Å². The summed E-state index contributed by atoms with van der Waals surface area (Å²) in [5, 5.41) is 46.5. The molecular weight excluding hydrogens is 1050 g/mol. The predicted octanol–water partition coefficient (Wildman–Crippen LogP) is 3.15. The maximum atomic E-state index is 15.7. The number of methoxy groups -OCH3 is 3. The van der Waals surface area contributed by atoms with E-state index in [1.54, 1.807) is 6.07 Å². The third kappa shape index (κ3) is 8.38. The minimum Gasteiger partial charge on any atom is -0.496 e. The second kappa shape index (κ2) is 20.0. The fourth-order valence-corrected chi connectivity index (χ4v) is 15.4. The number of unbranched alkanes of at least 4 members (excludes halogenated alkanes) is 1. The van der Waals surface area contributed by atoms with Gasteiger partial charge in [0.05, 0.1) is 38.7 Å². The van der Waals surface area contributed by atoms with Crippen molar-refractivity contribution in [2.75, 3.05) is 59.0 Å². The molecule has 10 rings (SSSR count). The highest BCUT2D eigenvalue weighted by Crippen LogP contribution is 2.68. The number of hydrogen-bond donors (Lipinski definition) is 6. The summed E-state index contributed by atoms with van der Waals surface area (Å²) in [4.78, 5) is 83.3. The molecular formula is C56H65N5O17S. The first kappa shape index (κ1) is 55.4. The number of nitrogens with one attached hydrogen (secondary N) is 1. The van der Waals surface area contributed by atoms with E-state index in [0.29, 0.717) is 111 Å². The average molecular weight is 1110 g/mol. The van der Waals surface area contributed by atoms with E-state index in [1.165, 1.54) is 26.0 Å². The van der Waals surface area contributed by atoms with E-state index in [4.69, 9.17) is 23.8 Å². The zero-order valence-electron chi connectivity index (χ0n) is 44.7. The Balaban J connectivity index is 1.12. The van der Waals surface area contributed by atoms with Crippen molar-refractivity contribution in [1.82, 2.24) is 19.5 Å². The first-order valence-electron chi connectivity index (χ1n) is 26.4. The summed E-state index contributed by atoms with van der Waals surface area (Å²) in [5.41, 5.74) is -4.01. The highest BCUT2D eigenvalue weighted by atomic mass is 32.2. The van der Waals surface area contributed by atoms with Gasteiger partial charge >= 0.3 is 23.9 Å². The topological polar surface area (TPSA) is 297 Å². The van der Waals surface area contributed by atoms with Crippen LogP contribution in [0, 0.1) is 23.2 Å². The number of ether oxygens (including phenoxy) is 4. The molecule has 422 valence electrons. The van der Waals surface area contributed by atoms with Gasteiger partial charge in [0.25, 0.3) is 16.0 Å². The van der Waals surface area contributed by atoms with Crippen LogP contribution in [0.15, 0.2) is 53.4 Å². The van der Waals surface area contributed by atoms with Crippen LogP contribution in [0.4, 0.5) is 5.69 Å². The number of carbonyl (C=O) groups excluding carboxylic acids is 5. The van der Waals surface area contributed by atoms with Crippen molar-refractivity contribution in [3.63, 3.8) is 0 Å². The summed E-state index contributed by atoms with van der Waals surface area (Å²) in [6, 6.07) is 7.75. The summed E-state index contributed by atoms with van der Waals surface area (Å²) in [6.45, 7) is 7.48. The number of carbonyl (C=O) groups is 5. The summed E-state index contributed by atoms with van der Waals surface area (Å²) < 4.78 is 56.4. The van der Waals surface area contributed by atoms with Crippen LogP contribution in [0.25, 0.3) is 10.9 Å². The van der Waals surface area contributed by atoms with E-state index >= 15 is 4.79 Å². The number of hydrogen-bond acceptors (Lipinski definition) is 18. The second-order valence-electron chi connectivity index (χ2n) is 21.9. The van der Waals surface area contributed by atoms with Gasteiger partial charge in [-0.1, -0.05) is 37.8 Å². The molecule has 1 aliphatic carbocycles. The Morgan fingerprint density at radius 1 is 0.949 bits per heavy atom. The van der Waals surface area contributed by atoms with E-state index < -0.39 is 96.3 Å². The minimum atomic E-state index is -4.93. The average Bonchev–Trinajstić information content (AvgIpc) is 2.24. The highest BCUT2D eigenvalue weighted by molar-refractivity contribution is 7.86. The molecule has 1 saturated carbocycles. The number of H-pyrrole nitrogens is 1. The molecule has 5 aliphatic heterocycles. The zero-order valence-corrected chi connectivity index (χ0v) is 45.6. The van der Waals surface area contributed by atoms with Crippen molar-refractivity contribution in [2.45, 2.75) is 124 Å². The molecule has 6 aliphatic rings. The number of esters is 3. The minimum absolute atomic E-state index is 0.124. The first-order chi connectivity index (χ1) is 37.5. The number of aliphatic hydroxyl groups is 2. The van der Waals surface area contributed by atoms with Gasteiger partial charge in [-0.2, -0.15) is 8.42 Å². The standard InChI is InChI=1S/C56H65N5O17S/c1-7-52(69)27-34-28-55(50(67)75-5,45-35(17-21-58(29-34)30-52)36-23-33(15-16-39(36)57-45)13-10-9-11-14-44(65)78-61-43(64)26-42(46(61)66)79(71,72)73)38-24-37-40(25-41(38)74-4)60(31-62)48-54(37)19-22-59-20-12-18-53(8-2,47(54)59)49(77-32(3)63)56(48,70)51(68)76-6/h12,15-16,18,23-26,31,34,47-49,57,64,66,69-70H,7-9,11,14,17,19-22,27-30H2,1-6H3,(H,71,72,73)/t34-,47-,48+,49+,52-,53+,54+,55-,56-/m0/s1. The molecule has 6 N–H and O–H groups in total. The van der Waals surface area contributed by atoms with Crippen LogP contribution in [0.5, 0.6) is 17.5 Å². The maximum Gasteiger partial charge on any atom is 0.344 e. The molecule has 2 aromatic heterocycles. The quantitative estimate of drug-likeness (QED) is 0.0213. The van der Waals surface area contributed by atoms with Gasteiger partial charge in [-0.05, 0) is 92.8 Å². The molecule has 2 aromatic carbocycles. The number of aromatic amines is 1. The maximum absolute atomic E-state index is 15.7. The van der Waals surface area contributed by atoms with E-state index in [0.717, 1.165) is 18.1 Å². The number of piperidine rings is 1. The third-order valence-electron chi connectivity index (χ3n) is 17.9. The lowest BCUT2D eigenvalue weighted by Gasteiger charge is -2.63. The van der Waals surface area contributed by atoms with E-state index in [9.17, 15) is 52.6 Å². The summed E-state index contributed by atoms with van der Waals surface area (Å²) >= 11 is 0. The Morgan fingerprint density at radius 3 is 2.37 bits per heavy atom. The molecule has 22 nitrogen and oxygen atoms in total. The second-order valence-corrected chi connectivity index (χ2v) is 23.3. The normalized spacial score (nSPS) is 30.5. The van der Waals surface area contributed by atoms with Gasteiger partial charge in [0, 0.05) is 103 Å². The van der Waals surface area contributed by atoms with Crippen molar-refractivity contribution >= 4 is 57.0 Å². The third-order valence-corrected chi connectivity index (χ3v) is 18.7. The molecule has 7 heterocycles. The van der Waals surface area contributed by atoms with Crippen LogP contribution >= 0.6 is 0 Å². The fraction of sp³-hybridized carbons (Fsp3) is 0.518. The van der Waals surface area contributed by atoms with Crippen molar-refractivity contribution in [2.24, 2.45) is 11.3 Å². The van der Waals surface area contributed by atoms with E-state index in [-0.39, 0.29) is 42.1 Å². The Kier molecular flexibility index (Phi) is 14.0. The van der Waals surface area contributed by atoms with Gasteiger partial charge in [0.1, 0.15) is 11.2 Å². The van der Waals surface area contributed by atoms with Crippen molar-refractivity contribution in [3.8, 4) is 29.4 Å². The molecule has 79 heavy (non-hydrogen) atoms. The van der Waals surface area contributed by atoms with Gasteiger partial charge in [-0.15, -0.1) is 4.73 Å². The van der Waals surface area contributed by atoms with Crippen LogP contribution in [0.1, 0.15) is 100 Å². The molecule has 10 atom stereocenters. The number of fused-ring (bicyclic) bond motifs is 6. The zero-order chi connectivity index (χ0) is 56.8. The van der Waals surface area contributed by atoms with Crippen LogP contribution in [-0.4, -0.2) is 167 Å². The summed E-state index contributed by atoms with van der Waals surface area (Å²) in [7, 11) is -1.01. The first-order valence-corrected chi connectivity index (χ1v) is 27.9. The highest BCUT2D eigenvalue weighted by Gasteiger charge is 2.81. The molecule has 1 spiro atoms. The predicted molar refractivity (Wildman–Crippen MR) is 280 cm³/mol. The van der Waals surface area contributed by atoms with Crippen molar-refractivity contribution in [1.29, 1.82) is 0 Å². The van der Waals surface area contributed by atoms with Crippen LogP contribution in [0.2, 0.25) is 0 Å². The van der Waals surface area contributed by atoms with Gasteiger partial charge in [-0.3, -0.25) is 28.7 Å². The van der Waals surface area contributed by atoms with Crippen LogP contribution in [0.3, 0.4) is 0 Å². The summed E-state index contributed by atoms with van der Waals surface area (Å²) in [6.07, 6.45) is 5.05. The Labute approximate surface area is 455 Å². The number of amides is 1. The van der Waals surface area contributed by atoms with Crippen molar-refractivity contribution < 1.29 is 81.2 Å². The van der Waals surface area contributed by atoms with E-state index in [1.807, 2.05) is 50.3 Å². The van der Waals surface area contributed by atoms with Crippen molar-refractivity contribution in [3.05, 3.63) is 76.5 Å². The number of rotatable bonds is 13. The number of aromatic nitrogens is 2. The van der Waals surface area contributed by atoms with Crippen LogP contribution < -0.4 is 14.5 Å². The SMILES string of the molecule is CC[C@]1(O)C[C@@H]2CN(CCc3c([nH]c4ccc(C#CCCCC(=O)On5c(O)cc(S(=O)(=O)O)c5O)cc34)[C@@](C(=O)OC)(c3cc4c(cc3OC)N(C=O)[C@H]3[C@@](O)(C(=O)OC)[C@H](OC(C)=O)[C@]5(CC)C=CCN6CC[C@]43[C@@H]65)C2)C1. The van der Waals surface area contributed by atoms with E-state index in [2.05, 4.69) is 26.6 Å². The molecule has 1 amide bonds. The lowest BCUT2D eigenvalue weighted by molar-refractivity contribution is -0.228. The largest absolute Gasteiger partial charge is 0.496 e. The number of aromatic hydroxyl groups is 2. The molecule has 2 bridgehead atoms. The lowest BCUT2D eigenvalue weighted by atomic mass is 9.47. The Hall–Kier alpha value is -6.94. The number of anilines is 1. The molecule has 23 heteroatoms. The monoisotopic (exact) mass is 1110 g/mol. The number of benzene rings is 2. The van der Waals surface area contributed by atoms with Gasteiger partial charge < -0.3 is 54.1 Å². The van der Waals surface area contributed by atoms with Gasteiger partial charge in [0.15, 0.2) is 11.0 Å². The Bertz CT molecular complexity index is 3400. The molecule has 1 unspecified atom stereocenters. The molecule has 4 aromatic rings. The molecule has 2 saturated heterocycles. The Morgan fingerprint density at radius 2 is 1.71 bits per heavy atom. The number of nitrogens with zero attached hydrogens (tertiary/aromatic N) is 4. The van der Waals surface area contributed by atoms with Crippen LogP contribution in [-0.2, 0) is 65.6 Å². The smallest absolute Gasteiger partial charge is 0.344 e. The fourth-order valence-electron chi connectivity index (χ4n) is 14.9. The molecule has 3 fully saturated rings. The van der Waals surface area contributed by atoms with Gasteiger partial charge in [-0.25, -0.2) is 9.59 Å².